The molecule has 0 spiro atoms. The van der Waals surface area contributed by atoms with Crippen molar-refractivity contribution in [3.63, 3.8) is 0 Å². The lowest BCUT2D eigenvalue weighted by Crippen LogP contribution is -2.34. The molecular formula is C58H94Br2N2O2S2. The maximum absolute atomic E-state index is 15.4. The summed E-state index contributed by atoms with van der Waals surface area (Å²) in [7, 11) is 0. The van der Waals surface area contributed by atoms with Gasteiger partial charge in [0, 0.05) is 13.1 Å². The van der Waals surface area contributed by atoms with Gasteiger partial charge in [-0.25, -0.2) is 0 Å². The summed E-state index contributed by atoms with van der Waals surface area (Å²) in [5.41, 5.74) is 3.05. The van der Waals surface area contributed by atoms with Crippen LogP contribution < -0.4 is 0 Å². The van der Waals surface area contributed by atoms with Gasteiger partial charge in [0.05, 0.1) is 39.9 Å². The molecule has 0 bridgehead atoms. The Morgan fingerprint density at radius 1 is 0.379 bits per heavy atom. The molecule has 0 atom stereocenters. The molecule has 2 amide bonds. The SMILES string of the molecule is CCCCCCCCCCC(CCCCCCCCCC)CN1C(=O)C2=C(c3ccc(Br)s3)N(CC(CCCCCCCCCC)CCCCCCCCCC)C(=O)C2=C1c1ccc(Br)s1. The number of carbonyl (C=O) groups excluding carboxylic acids is 2. The van der Waals surface area contributed by atoms with Crippen LogP contribution in [0.2, 0.25) is 0 Å². The van der Waals surface area contributed by atoms with Crippen LogP contribution in [0.15, 0.2) is 43.0 Å². The summed E-state index contributed by atoms with van der Waals surface area (Å²) in [6.07, 6.45) is 46.6. The van der Waals surface area contributed by atoms with E-state index in [1.807, 2.05) is 0 Å². The van der Waals surface area contributed by atoms with Gasteiger partial charge in [0.2, 0.25) is 0 Å². The first-order chi connectivity index (χ1) is 32.3. The lowest BCUT2D eigenvalue weighted by atomic mass is 9.93. The predicted octanol–water partition coefficient (Wildman–Crippen LogP) is 20.5. The molecule has 0 radical (unpaired) electrons. The van der Waals surface area contributed by atoms with E-state index in [9.17, 15) is 0 Å². The zero-order chi connectivity index (χ0) is 47.2. The van der Waals surface area contributed by atoms with Crippen LogP contribution in [0.1, 0.15) is 269 Å². The Labute approximate surface area is 430 Å². The number of rotatable bonds is 42. The number of unbranched alkanes of at least 4 members (excludes halogenated alkanes) is 28. The van der Waals surface area contributed by atoms with Crippen LogP contribution in [0.5, 0.6) is 0 Å². The molecule has 0 aromatic carbocycles. The number of hydrogen-bond donors (Lipinski definition) is 0. The summed E-state index contributed by atoms with van der Waals surface area (Å²) >= 11 is 10.9. The Bertz CT molecular complexity index is 1530. The van der Waals surface area contributed by atoms with E-state index in [0.717, 1.165) is 54.4 Å². The number of thiophene rings is 2. The highest BCUT2D eigenvalue weighted by Crippen LogP contribution is 2.50. The van der Waals surface area contributed by atoms with Gasteiger partial charge in [0.1, 0.15) is 0 Å². The molecule has 2 aliphatic heterocycles. The zero-order valence-electron chi connectivity index (χ0n) is 42.6. The highest BCUT2D eigenvalue weighted by molar-refractivity contribution is 9.11. The smallest absolute Gasteiger partial charge is 0.261 e. The molecule has 8 heteroatoms. The fraction of sp³-hybridized carbons (Fsp3) is 0.759. The molecule has 66 heavy (non-hydrogen) atoms. The molecule has 4 heterocycles. The quantitative estimate of drug-likeness (QED) is 0.0622. The van der Waals surface area contributed by atoms with Gasteiger partial charge >= 0.3 is 0 Å². The Hall–Kier alpha value is -1.22. The fourth-order valence-corrected chi connectivity index (χ4v) is 13.5. The first-order valence-corrected chi connectivity index (χ1v) is 31.2. The third-order valence-electron chi connectivity index (χ3n) is 14.5. The van der Waals surface area contributed by atoms with Gasteiger partial charge in [0.15, 0.2) is 0 Å². The molecule has 4 nitrogen and oxygen atoms in total. The van der Waals surface area contributed by atoms with E-state index in [2.05, 4.69) is 93.6 Å². The monoisotopic (exact) mass is 1070 g/mol. The third kappa shape index (κ3) is 20.2. The zero-order valence-corrected chi connectivity index (χ0v) is 47.4. The first kappa shape index (κ1) is 57.4. The van der Waals surface area contributed by atoms with Crippen molar-refractivity contribution < 1.29 is 9.59 Å². The van der Waals surface area contributed by atoms with Crippen molar-refractivity contribution in [2.45, 2.75) is 259 Å². The third-order valence-corrected chi connectivity index (χ3v) is 17.8. The highest BCUT2D eigenvalue weighted by Gasteiger charge is 2.50. The average molecular weight is 1080 g/mol. The van der Waals surface area contributed by atoms with E-state index >= 15 is 9.59 Å². The average Bonchev–Trinajstić information content (AvgIpc) is 4.08. The lowest BCUT2D eigenvalue weighted by molar-refractivity contribution is -0.124. The summed E-state index contributed by atoms with van der Waals surface area (Å²) in [4.78, 5) is 37.0. The molecule has 2 aromatic heterocycles. The molecule has 2 aromatic rings. The molecule has 0 saturated heterocycles. The topological polar surface area (TPSA) is 40.6 Å². The lowest BCUT2D eigenvalue weighted by Gasteiger charge is -2.29. The summed E-state index contributed by atoms with van der Waals surface area (Å²) in [6.45, 7) is 10.6. The number of fused-ring (bicyclic) bond motifs is 1. The molecule has 0 N–H and O–H groups in total. The van der Waals surface area contributed by atoms with Crippen molar-refractivity contribution in [1.29, 1.82) is 0 Å². The minimum Gasteiger partial charge on any atom is -0.306 e. The van der Waals surface area contributed by atoms with Crippen molar-refractivity contribution in [2.24, 2.45) is 11.8 Å². The van der Waals surface area contributed by atoms with E-state index in [1.165, 1.54) is 205 Å². The van der Waals surface area contributed by atoms with Gasteiger partial charge in [-0.05, 0) is 93.6 Å². The Kier molecular flexibility index (Phi) is 30.4. The molecule has 2 aliphatic rings. The Morgan fingerprint density at radius 2 is 0.621 bits per heavy atom. The van der Waals surface area contributed by atoms with Crippen molar-refractivity contribution in [2.75, 3.05) is 13.1 Å². The van der Waals surface area contributed by atoms with Gasteiger partial charge in [-0.15, -0.1) is 22.7 Å². The van der Waals surface area contributed by atoms with Crippen LogP contribution in [0.25, 0.3) is 11.4 Å². The van der Waals surface area contributed by atoms with E-state index in [1.54, 1.807) is 22.7 Å². The van der Waals surface area contributed by atoms with Crippen molar-refractivity contribution in [3.8, 4) is 0 Å². The number of amides is 2. The molecule has 374 valence electrons. The molecule has 4 rings (SSSR count). The van der Waals surface area contributed by atoms with Gasteiger partial charge in [-0.1, -0.05) is 233 Å². The molecule has 0 saturated carbocycles. The highest BCUT2D eigenvalue weighted by atomic mass is 79.9. The summed E-state index contributed by atoms with van der Waals surface area (Å²) < 4.78 is 2.07. The number of carbonyl (C=O) groups is 2. The summed E-state index contributed by atoms with van der Waals surface area (Å²) in [6, 6.07) is 8.46. The van der Waals surface area contributed by atoms with E-state index in [4.69, 9.17) is 0 Å². The summed E-state index contributed by atoms with van der Waals surface area (Å²) in [5, 5.41) is 0. The molecule has 0 fully saturated rings. The predicted molar refractivity (Wildman–Crippen MR) is 297 cm³/mol. The molecule has 0 unspecified atom stereocenters. The maximum atomic E-state index is 15.4. The van der Waals surface area contributed by atoms with Crippen LogP contribution >= 0.6 is 54.5 Å². The Balaban J connectivity index is 1.59. The van der Waals surface area contributed by atoms with E-state index in [0.29, 0.717) is 36.1 Å². The van der Waals surface area contributed by atoms with Gasteiger partial charge < -0.3 is 9.80 Å². The van der Waals surface area contributed by atoms with Gasteiger partial charge in [-0.3, -0.25) is 9.59 Å². The van der Waals surface area contributed by atoms with Gasteiger partial charge in [-0.2, -0.15) is 0 Å². The second-order valence-electron chi connectivity index (χ2n) is 20.3. The van der Waals surface area contributed by atoms with Crippen LogP contribution in [0.4, 0.5) is 0 Å². The number of hydrogen-bond acceptors (Lipinski definition) is 4. The first-order valence-electron chi connectivity index (χ1n) is 28.0. The van der Waals surface area contributed by atoms with E-state index < -0.39 is 0 Å². The van der Waals surface area contributed by atoms with Crippen molar-refractivity contribution >= 4 is 77.7 Å². The molecule has 0 aliphatic carbocycles. The normalized spacial score (nSPS) is 14.2. The van der Waals surface area contributed by atoms with Gasteiger partial charge in [0.25, 0.3) is 11.8 Å². The van der Waals surface area contributed by atoms with Crippen molar-refractivity contribution in [1.82, 2.24) is 9.80 Å². The number of nitrogens with zero attached hydrogens (tertiary/aromatic N) is 2. The minimum absolute atomic E-state index is 0.0411. The van der Waals surface area contributed by atoms with Crippen LogP contribution in [-0.2, 0) is 9.59 Å². The standard InChI is InChI=1S/C58H94Br2N2O2S2/c1-5-9-13-17-21-25-29-33-37-47(38-34-30-26-22-18-14-10-6-2)45-61-55(49-41-43-51(59)65-49)53-54(57(61)63)56(50-42-44-52(60)66-50)62(58(53)64)46-48(39-35-31-27-23-19-15-11-7-3)40-36-32-28-24-20-16-12-8-4/h41-44,47-48H,5-40,45-46H2,1-4H3. The van der Waals surface area contributed by atoms with Crippen LogP contribution in [0.3, 0.4) is 0 Å². The van der Waals surface area contributed by atoms with Crippen LogP contribution in [-0.4, -0.2) is 34.7 Å². The fourth-order valence-electron chi connectivity index (χ4n) is 10.6. The van der Waals surface area contributed by atoms with Crippen LogP contribution in [0, 0.1) is 11.8 Å². The summed E-state index contributed by atoms with van der Waals surface area (Å²) in [5.74, 6) is 0.917. The number of halogens is 2. The Morgan fingerprint density at radius 3 is 0.848 bits per heavy atom. The van der Waals surface area contributed by atoms with Crippen molar-refractivity contribution in [3.05, 3.63) is 52.7 Å². The molecular weight excluding hydrogens is 981 g/mol. The maximum Gasteiger partial charge on any atom is 0.261 e. The second-order valence-corrected chi connectivity index (χ2v) is 25.2. The minimum atomic E-state index is 0.0411. The largest absolute Gasteiger partial charge is 0.306 e. The second kappa shape index (κ2) is 35.0. The van der Waals surface area contributed by atoms with E-state index in [-0.39, 0.29) is 11.8 Å².